The molecule has 3 heteroatoms. The highest BCUT2D eigenvalue weighted by Crippen LogP contribution is 2.36. The molecule has 0 spiro atoms. The Kier molecular flexibility index (Phi) is 5.79. The fourth-order valence-electron chi connectivity index (χ4n) is 3.83. The van der Waals surface area contributed by atoms with Crippen molar-refractivity contribution in [2.24, 2.45) is 4.99 Å². The van der Waals surface area contributed by atoms with Crippen molar-refractivity contribution >= 4 is 46.5 Å². The molecule has 5 rings (SSSR count). The van der Waals surface area contributed by atoms with Crippen LogP contribution in [0.5, 0.6) is 5.75 Å². The van der Waals surface area contributed by atoms with Gasteiger partial charge in [0.1, 0.15) is 5.75 Å². The average molecular weight is 431 g/mol. The van der Waals surface area contributed by atoms with Crippen molar-refractivity contribution in [1.29, 1.82) is 0 Å². The lowest BCUT2D eigenvalue weighted by Crippen LogP contribution is -2.20. The highest BCUT2D eigenvalue weighted by Gasteiger charge is 2.18. The van der Waals surface area contributed by atoms with Crippen LogP contribution in [-0.2, 0) is 0 Å². The summed E-state index contributed by atoms with van der Waals surface area (Å²) in [6, 6.07) is 41.3. The molecule has 0 amide bonds. The molecule has 1 N–H and O–H groups in total. The molecule has 154 valence electrons. The van der Waals surface area contributed by atoms with Gasteiger partial charge in [0.25, 0.3) is 0 Å². The van der Waals surface area contributed by atoms with E-state index in [2.05, 4.69) is 72.8 Å². The van der Waals surface area contributed by atoms with Gasteiger partial charge in [0.15, 0.2) is 0 Å². The number of para-hydroxylation sites is 1. The van der Waals surface area contributed by atoms with Crippen molar-refractivity contribution in [3.63, 3.8) is 0 Å². The normalized spacial score (nSPS) is 11.4. The van der Waals surface area contributed by atoms with E-state index in [0.29, 0.717) is 5.56 Å². The summed E-state index contributed by atoms with van der Waals surface area (Å²) in [5, 5.41) is 16.4. The fraction of sp³-hybridized carbons (Fsp3) is 0. The van der Waals surface area contributed by atoms with Gasteiger partial charge in [0.05, 0.1) is 5.69 Å². The van der Waals surface area contributed by atoms with Gasteiger partial charge < -0.3 is 5.11 Å². The number of nitrogens with zero attached hydrogens (tertiary/aromatic N) is 1. The maximum atomic E-state index is 10.5. The van der Waals surface area contributed by atoms with Crippen LogP contribution in [0.4, 0.5) is 5.69 Å². The fourth-order valence-corrected chi connectivity index (χ4v) is 6.22. The maximum absolute atomic E-state index is 10.5. The number of phenolic OH excluding ortho intramolecular Hbond substituents is 1. The predicted molar refractivity (Wildman–Crippen MR) is 138 cm³/mol. The quantitative estimate of drug-likeness (QED) is 0.267. The standard InChI is InChI=1S/C29H22NOP/c31-28-20-23-12-8-7-11-22(23)19-24(28)21-30-27-17-9-10-18-29(27)32(25-13-3-1-4-14-25)26-15-5-2-6-16-26/h1-21,31H/b30-21+. The number of rotatable bonds is 5. The van der Waals surface area contributed by atoms with Crippen LogP contribution in [0.2, 0.25) is 0 Å². The second kappa shape index (κ2) is 9.18. The molecule has 0 fully saturated rings. The summed E-state index contributed by atoms with van der Waals surface area (Å²) in [5.74, 6) is 0.235. The van der Waals surface area contributed by atoms with Gasteiger partial charge in [-0.3, -0.25) is 4.99 Å². The number of fused-ring (bicyclic) bond motifs is 1. The Morgan fingerprint density at radius 1 is 0.594 bits per heavy atom. The third-order valence-corrected chi connectivity index (χ3v) is 7.88. The molecule has 0 saturated carbocycles. The van der Waals surface area contributed by atoms with Crippen molar-refractivity contribution in [3.8, 4) is 5.75 Å². The zero-order valence-corrected chi connectivity index (χ0v) is 18.4. The monoisotopic (exact) mass is 431 g/mol. The van der Waals surface area contributed by atoms with E-state index >= 15 is 0 Å². The van der Waals surface area contributed by atoms with Gasteiger partial charge in [-0.2, -0.15) is 0 Å². The Morgan fingerprint density at radius 3 is 1.78 bits per heavy atom. The van der Waals surface area contributed by atoms with Crippen LogP contribution in [0, 0.1) is 0 Å². The molecule has 0 radical (unpaired) electrons. The summed E-state index contributed by atoms with van der Waals surface area (Å²) in [5.41, 5.74) is 1.63. The van der Waals surface area contributed by atoms with Crippen molar-refractivity contribution in [2.45, 2.75) is 0 Å². The number of hydrogen-bond donors (Lipinski definition) is 1. The predicted octanol–water partition coefficient (Wildman–Crippen LogP) is 6.05. The Hall–Kier alpha value is -3.74. The third kappa shape index (κ3) is 4.19. The second-order valence-electron chi connectivity index (χ2n) is 7.51. The topological polar surface area (TPSA) is 32.6 Å². The van der Waals surface area contributed by atoms with Gasteiger partial charge in [-0.05, 0) is 47.5 Å². The zero-order valence-electron chi connectivity index (χ0n) is 17.5. The van der Waals surface area contributed by atoms with E-state index in [9.17, 15) is 5.11 Å². The molecule has 5 aromatic rings. The first-order valence-corrected chi connectivity index (χ1v) is 11.9. The Labute approximate surface area is 189 Å². The molecule has 5 aromatic carbocycles. The molecule has 2 nitrogen and oxygen atoms in total. The lowest BCUT2D eigenvalue weighted by atomic mass is 10.1. The molecule has 0 aliphatic heterocycles. The highest BCUT2D eigenvalue weighted by molar-refractivity contribution is 7.80. The molecule has 0 aliphatic rings. The van der Waals surface area contributed by atoms with Crippen molar-refractivity contribution in [2.75, 3.05) is 0 Å². The van der Waals surface area contributed by atoms with E-state index in [-0.39, 0.29) is 5.75 Å². The smallest absolute Gasteiger partial charge is 0.124 e. The number of benzene rings is 5. The Morgan fingerprint density at radius 2 is 1.12 bits per heavy atom. The van der Waals surface area contributed by atoms with E-state index in [1.807, 2.05) is 42.5 Å². The minimum atomic E-state index is -0.759. The number of hydrogen-bond acceptors (Lipinski definition) is 2. The third-order valence-electron chi connectivity index (χ3n) is 5.39. The van der Waals surface area contributed by atoms with Gasteiger partial charge >= 0.3 is 0 Å². The molecule has 0 unspecified atom stereocenters. The molecule has 0 atom stereocenters. The van der Waals surface area contributed by atoms with Crippen LogP contribution in [0.25, 0.3) is 10.8 Å². The summed E-state index contributed by atoms with van der Waals surface area (Å²) in [6.45, 7) is 0. The summed E-state index contributed by atoms with van der Waals surface area (Å²) < 4.78 is 0. The molecular weight excluding hydrogens is 409 g/mol. The molecule has 0 bridgehead atoms. The van der Waals surface area contributed by atoms with Crippen LogP contribution in [0.1, 0.15) is 5.56 Å². The molecule has 32 heavy (non-hydrogen) atoms. The number of aromatic hydroxyl groups is 1. The Bertz CT molecular complexity index is 1340. The molecular formula is C29H22NOP. The van der Waals surface area contributed by atoms with Gasteiger partial charge in [0, 0.05) is 17.1 Å². The maximum Gasteiger partial charge on any atom is 0.124 e. The van der Waals surface area contributed by atoms with E-state index in [4.69, 9.17) is 4.99 Å². The van der Waals surface area contributed by atoms with Gasteiger partial charge in [-0.25, -0.2) is 0 Å². The Balaban J connectivity index is 1.60. The van der Waals surface area contributed by atoms with Crippen LogP contribution in [0.15, 0.2) is 126 Å². The van der Waals surface area contributed by atoms with Gasteiger partial charge in [0.2, 0.25) is 0 Å². The van der Waals surface area contributed by atoms with Crippen molar-refractivity contribution < 1.29 is 5.11 Å². The average Bonchev–Trinajstić information content (AvgIpc) is 2.85. The summed E-state index contributed by atoms with van der Waals surface area (Å²) in [4.78, 5) is 4.85. The van der Waals surface area contributed by atoms with E-state index in [1.54, 1.807) is 12.3 Å². The second-order valence-corrected chi connectivity index (χ2v) is 9.70. The summed E-state index contributed by atoms with van der Waals surface area (Å²) in [7, 11) is -0.759. The minimum absolute atomic E-state index is 0.235. The lowest BCUT2D eigenvalue weighted by Gasteiger charge is -2.20. The SMILES string of the molecule is Oc1cc2ccccc2cc1/C=N/c1ccccc1P(c1ccccc1)c1ccccc1. The first-order valence-electron chi connectivity index (χ1n) is 10.5. The van der Waals surface area contributed by atoms with E-state index in [1.165, 1.54) is 15.9 Å². The summed E-state index contributed by atoms with van der Waals surface area (Å²) >= 11 is 0. The van der Waals surface area contributed by atoms with Crippen molar-refractivity contribution in [3.05, 3.63) is 127 Å². The van der Waals surface area contributed by atoms with Crippen LogP contribution < -0.4 is 15.9 Å². The van der Waals surface area contributed by atoms with E-state index < -0.39 is 7.92 Å². The lowest BCUT2D eigenvalue weighted by molar-refractivity contribution is 0.475. The van der Waals surface area contributed by atoms with Gasteiger partial charge in [-0.15, -0.1) is 0 Å². The zero-order chi connectivity index (χ0) is 21.8. The first kappa shape index (κ1) is 20.2. The van der Waals surface area contributed by atoms with Crippen LogP contribution in [-0.4, -0.2) is 11.3 Å². The van der Waals surface area contributed by atoms with Crippen LogP contribution in [0.3, 0.4) is 0 Å². The molecule has 0 saturated heterocycles. The number of phenols is 1. The van der Waals surface area contributed by atoms with E-state index in [0.717, 1.165) is 16.5 Å². The van der Waals surface area contributed by atoms with Gasteiger partial charge in [-0.1, -0.05) is 103 Å². The van der Waals surface area contributed by atoms with Crippen LogP contribution >= 0.6 is 7.92 Å². The highest BCUT2D eigenvalue weighted by atomic mass is 31.1. The molecule has 0 aliphatic carbocycles. The number of aliphatic imine (C=N–C) groups is 1. The summed E-state index contributed by atoms with van der Waals surface area (Å²) in [6.07, 6.45) is 1.77. The first-order chi connectivity index (χ1) is 15.8. The van der Waals surface area contributed by atoms with Crippen molar-refractivity contribution in [1.82, 2.24) is 0 Å². The molecule has 0 aromatic heterocycles. The minimum Gasteiger partial charge on any atom is -0.507 e. The molecule has 0 heterocycles. The largest absolute Gasteiger partial charge is 0.507 e.